The van der Waals surface area contributed by atoms with Crippen molar-refractivity contribution < 1.29 is 32.9 Å². The van der Waals surface area contributed by atoms with Crippen LogP contribution in [0.1, 0.15) is 32.8 Å². The Morgan fingerprint density at radius 2 is 1.82 bits per heavy atom. The number of methoxy groups -OCH3 is 3. The molecule has 0 unspecified atom stereocenters. The summed E-state index contributed by atoms with van der Waals surface area (Å²) in [5.41, 5.74) is 2.83. The molecule has 8 nitrogen and oxygen atoms in total. The van der Waals surface area contributed by atoms with Gasteiger partial charge in [-0.2, -0.15) is 0 Å². The van der Waals surface area contributed by atoms with Crippen LogP contribution in [0.15, 0.2) is 46.8 Å². The van der Waals surface area contributed by atoms with E-state index in [-0.39, 0.29) is 11.5 Å². The number of nitrogens with zero attached hydrogens (tertiary/aromatic N) is 1. The summed E-state index contributed by atoms with van der Waals surface area (Å²) in [7, 11) is 4.66. The molecule has 3 aromatic rings. The van der Waals surface area contributed by atoms with Gasteiger partial charge in [0.1, 0.15) is 29.7 Å². The molecule has 0 radical (unpaired) electrons. The van der Waals surface area contributed by atoms with E-state index in [0.29, 0.717) is 53.9 Å². The van der Waals surface area contributed by atoms with E-state index in [1.54, 1.807) is 45.8 Å². The van der Waals surface area contributed by atoms with E-state index in [2.05, 4.69) is 4.90 Å². The lowest BCUT2D eigenvalue weighted by Crippen LogP contribution is -2.31. The lowest BCUT2D eigenvalue weighted by Gasteiger charge is -2.29. The summed E-state index contributed by atoms with van der Waals surface area (Å²) >= 11 is 0. The Bertz CT molecular complexity index is 1280. The fourth-order valence-electron chi connectivity index (χ4n) is 4.31. The summed E-state index contributed by atoms with van der Waals surface area (Å²) in [5, 5.41) is 0. The van der Waals surface area contributed by atoms with Gasteiger partial charge >= 0.3 is 0 Å². The number of furan rings is 1. The molecule has 5 rings (SSSR count). The van der Waals surface area contributed by atoms with Gasteiger partial charge in [0.25, 0.3) is 0 Å². The summed E-state index contributed by atoms with van der Waals surface area (Å²) in [4.78, 5) is 15.5. The first-order valence-electron chi connectivity index (χ1n) is 10.8. The van der Waals surface area contributed by atoms with Gasteiger partial charge in [0.2, 0.25) is 5.78 Å². The Balaban J connectivity index is 1.51. The molecule has 3 heterocycles. The van der Waals surface area contributed by atoms with Gasteiger partial charge in [-0.05, 0) is 42.8 Å². The van der Waals surface area contributed by atoms with Crippen LogP contribution in [0.3, 0.4) is 0 Å². The predicted molar refractivity (Wildman–Crippen MR) is 124 cm³/mol. The number of carbonyl (C=O) groups is 1. The Kier molecular flexibility index (Phi) is 5.67. The van der Waals surface area contributed by atoms with E-state index in [4.69, 9.17) is 28.1 Å². The molecule has 2 aliphatic heterocycles. The zero-order chi connectivity index (χ0) is 23.8. The number of hydrogen-bond acceptors (Lipinski definition) is 8. The molecule has 2 aromatic carbocycles. The molecular formula is C26H25NO7. The Hall–Kier alpha value is -3.91. The number of ether oxygens (including phenoxy) is 5. The van der Waals surface area contributed by atoms with Gasteiger partial charge in [-0.3, -0.25) is 9.69 Å². The van der Waals surface area contributed by atoms with Crippen LogP contribution in [-0.2, 0) is 13.1 Å². The number of benzene rings is 2. The summed E-state index contributed by atoms with van der Waals surface area (Å²) in [6.07, 6.45) is 3.32. The molecule has 0 atom stereocenters. The number of carbonyl (C=O) groups excluding carboxylic acids is 1. The second kappa shape index (κ2) is 8.79. The number of ketones is 1. The average Bonchev–Trinajstić information content (AvgIpc) is 3.47. The quantitative estimate of drug-likeness (QED) is 0.492. The van der Waals surface area contributed by atoms with Gasteiger partial charge < -0.3 is 28.1 Å². The maximum absolute atomic E-state index is 13.4. The second-order valence-corrected chi connectivity index (χ2v) is 8.10. The van der Waals surface area contributed by atoms with E-state index < -0.39 is 0 Å². The highest BCUT2D eigenvalue weighted by atomic mass is 16.5. The van der Waals surface area contributed by atoms with Crippen molar-refractivity contribution in [2.75, 3.05) is 28.1 Å². The molecule has 0 bridgehead atoms. The SMILES string of the molecule is COc1cc(OC)c(OC)cc1/C=C1\Oc2c3c(cc(C)c2C1=O)OCN(Cc1ccco1)C3. The highest BCUT2D eigenvalue weighted by Gasteiger charge is 2.35. The standard InChI is InChI=1S/C26H25NO7/c1-15-8-20-18(13-27(14-33-20)12-17-6-5-7-32-17)26-24(15)25(28)23(34-26)10-16-9-21(30-3)22(31-4)11-19(16)29-2/h5-11H,12-14H2,1-4H3/b23-10-. The van der Waals surface area contributed by atoms with Gasteiger partial charge in [-0.25, -0.2) is 0 Å². The highest BCUT2D eigenvalue weighted by Crippen LogP contribution is 2.45. The molecule has 34 heavy (non-hydrogen) atoms. The molecule has 0 saturated carbocycles. The van der Waals surface area contributed by atoms with Crippen LogP contribution in [0.2, 0.25) is 0 Å². The molecule has 0 amide bonds. The molecule has 1 aromatic heterocycles. The van der Waals surface area contributed by atoms with Crippen molar-refractivity contribution in [3.05, 3.63) is 70.4 Å². The van der Waals surface area contributed by atoms with Crippen LogP contribution in [0.25, 0.3) is 6.08 Å². The average molecular weight is 463 g/mol. The van der Waals surface area contributed by atoms with Crippen LogP contribution >= 0.6 is 0 Å². The van der Waals surface area contributed by atoms with Crippen LogP contribution in [0, 0.1) is 6.92 Å². The minimum atomic E-state index is -0.185. The first kappa shape index (κ1) is 21.9. The lowest BCUT2D eigenvalue weighted by atomic mass is 9.98. The second-order valence-electron chi connectivity index (χ2n) is 8.10. The minimum Gasteiger partial charge on any atom is -0.496 e. The Morgan fingerprint density at radius 1 is 1.06 bits per heavy atom. The van der Waals surface area contributed by atoms with Crippen molar-refractivity contribution in [2.24, 2.45) is 0 Å². The zero-order valence-electron chi connectivity index (χ0n) is 19.5. The van der Waals surface area contributed by atoms with Gasteiger partial charge in [0.15, 0.2) is 17.3 Å². The van der Waals surface area contributed by atoms with Crippen molar-refractivity contribution in [3.8, 4) is 28.7 Å². The van der Waals surface area contributed by atoms with Gasteiger partial charge in [0, 0.05) is 18.2 Å². The number of rotatable bonds is 6. The molecule has 0 saturated heterocycles. The van der Waals surface area contributed by atoms with E-state index >= 15 is 0 Å². The zero-order valence-corrected chi connectivity index (χ0v) is 19.5. The normalized spacial score (nSPS) is 16.0. The third-order valence-electron chi connectivity index (χ3n) is 5.97. The van der Waals surface area contributed by atoms with Gasteiger partial charge in [-0.1, -0.05) is 0 Å². The van der Waals surface area contributed by atoms with E-state index in [1.165, 1.54) is 0 Å². The van der Waals surface area contributed by atoms with Crippen molar-refractivity contribution in [3.63, 3.8) is 0 Å². The fourth-order valence-corrected chi connectivity index (χ4v) is 4.31. The van der Waals surface area contributed by atoms with Crippen LogP contribution in [-0.4, -0.2) is 38.7 Å². The lowest BCUT2D eigenvalue weighted by molar-refractivity contribution is 0.0809. The fraction of sp³-hybridized carbons (Fsp3) is 0.269. The van der Waals surface area contributed by atoms with Gasteiger partial charge in [0.05, 0.1) is 45.3 Å². The number of fused-ring (bicyclic) bond motifs is 3. The van der Waals surface area contributed by atoms with Crippen LogP contribution in [0.5, 0.6) is 28.7 Å². The van der Waals surface area contributed by atoms with Gasteiger partial charge in [-0.15, -0.1) is 0 Å². The molecule has 0 N–H and O–H groups in total. The van der Waals surface area contributed by atoms with E-state index in [1.807, 2.05) is 25.1 Å². The highest BCUT2D eigenvalue weighted by molar-refractivity contribution is 6.16. The summed E-state index contributed by atoms with van der Waals surface area (Å²) in [6.45, 7) is 3.47. The maximum atomic E-state index is 13.4. The summed E-state index contributed by atoms with van der Waals surface area (Å²) < 4.78 is 33.9. The molecule has 0 fully saturated rings. The third kappa shape index (κ3) is 3.76. The predicted octanol–water partition coefficient (Wildman–Crippen LogP) is 4.58. The smallest absolute Gasteiger partial charge is 0.232 e. The van der Waals surface area contributed by atoms with Crippen LogP contribution in [0.4, 0.5) is 0 Å². The molecule has 0 spiro atoms. The summed E-state index contributed by atoms with van der Waals surface area (Å²) in [5.74, 6) is 3.71. The largest absolute Gasteiger partial charge is 0.496 e. The molecule has 0 aliphatic carbocycles. The maximum Gasteiger partial charge on any atom is 0.232 e. The Labute approximate surface area is 197 Å². The number of aryl methyl sites for hydroxylation is 1. The minimum absolute atomic E-state index is 0.185. The first-order chi connectivity index (χ1) is 16.5. The topological polar surface area (TPSA) is 79.6 Å². The first-order valence-corrected chi connectivity index (χ1v) is 10.8. The monoisotopic (exact) mass is 463 g/mol. The third-order valence-corrected chi connectivity index (χ3v) is 5.97. The number of Topliss-reactive ketones (excluding diaryl/α,β-unsaturated/α-hetero) is 1. The van der Waals surface area contributed by atoms with E-state index in [9.17, 15) is 4.79 Å². The van der Waals surface area contributed by atoms with Crippen molar-refractivity contribution in [1.29, 1.82) is 0 Å². The van der Waals surface area contributed by atoms with Crippen molar-refractivity contribution in [2.45, 2.75) is 20.0 Å². The number of allylic oxidation sites excluding steroid dienone is 1. The molecule has 2 aliphatic rings. The number of hydrogen-bond donors (Lipinski definition) is 0. The van der Waals surface area contributed by atoms with Crippen molar-refractivity contribution >= 4 is 11.9 Å². The molecule has 8 heteroatoms. The van der Waals surface area contributed by atoms with E-state index in [0.717, 1.165) is 22.6 Å². The molecule has 176 valence electrons. The van der Waals surface area contributed by atoms with Crippen molar-refractivity contribution in [1.82, 2.24) is 4.90 Å². The Morgan fingerprint density at radius 3 is 2.53 bits per heavy atom. The van der Waals surface area contributed by atoms with Crippen LogP contribution < -0.4 is 23.7 Å². The summed E-state index contributed by atoms with van der Waals surface area (Å²) in [6, 6.07) is 9.15. The molecular weight excluding hydrogens is 438 g/mol.